The van der Waals surface area contributed by atoms with E-state index in [4.69, 9.17) is 4.74 Å². The highest BCUT2D eigenvalue weighted by Crippen LogP contribution is 2.29. The van der Waals surface area contributed by atoms with Crippen molar-refractivity contribution in [3.8, 4) is 5.75 Å². The summed E-state index contributed by atoms with van der Waals surface area (Å²) in [6.07, 6.45) is 3.24. The molecule has 23 heavy (non-hydrogen) atoms. The monoisotopic (exact) mass is 383 g/mol. The number of phenolic OH excluding ortho intramolecular Hbond substituents is 1. The van der Waals surface area contributed by atoms with E-state index in [-0.39, 0.29) is 29.9 Å². The third kappa shape index (κ3) is 4.70. The van der Waals surface area contributed by atoms with Gasteiger partial charge in [0, 0.05) is 10.5 Å². The van der Waals surface area contributed by atoms with Crippen molar-refractivity contribution >= 4 is 27.8 Å². The number of hydrogen-bond donors (Lipinski definition) is 2. The zero-order valence-corrected chi connectivity index (χ0v) is 14.9. The zero-order chi connectivity index (χ0) is 17.0. The lowest BCUT2D eigenvalue weighted by Crippen LogP contribution is -2.45. The predicted octanol–water partition coefficient (Wildman–Crippen LogP) is 3.25. The van der Waals surface area contributed by atoms with Gasteiger partial charge in [0.25, 0.3) is 5.91 Å². The summed E-state index contributed by atoms with van der Waals surface area (Å²) in [6.45, 7) is 3.99. The molecule has 1 aliphatic rings. The van der Waals surface area contributed by atoms with E-state index in [0.717, 1.165) is 12.8 Å². The molecule has 1 aliphatic carbocycles. The Hall–Kier alpha value is -1.56. The maximum atomic E-state index is 12.0. The molecule has 0 radical (unpaired) electrons. The van der Waals surface area contributed by atoms with Crippen LogP contribution in [-0.4, -0.2) is 29.6 Å². The number of aromatic hydroxyl groups is 1. The molecule has 2 rings (SSSR count). The van der Waals surface area contributed by atoms with Gasteiger partial charge in [0.05, 0.1) is 0 Å². The van der Waals surface area contributed by atoms with Gasteiger partial charge in [-0.05, 0) is 36.5 Å². The van der Waals surface area contributed by atoms with E-state index in [1.807, 2.05) is 0 Å². The van der Waals surface area contributed by atoms with Gasteiger partial charge in [0.2, 0.25) is 0 Å². The lowest BCUT2D eigenvalue weighted by atomic mass is 9.78. The van der Waals surface area contributed by atoms with Crippen LogP contribution in [0.25, 0.3) is 0 Å². The molecule has 0 saturated heterocycles. The van der Waals surface area contributed by atoms with Crippen LogP contribution in [0.4, 0.5) is 0 Å². The van der Waals surface area contributed by atoms with Crippen LogP contribution in [-0.2, 0) is 9.53 Å². The van der Waals surface area contributed by atoms with Crippen molar-refractivity contribution in [2.24, 2.45) is 11.8 Å². The normalized spacial score (nSPS) is 24.0. The fraction of sp³-hybridized carbons (Fsp3) is 0.529. The third-order valence-corrected chi connectivity index (χ3v) is 5.06. The van der Waals surface area contributed by atoms with Gasteiger partial charge in [-0.3, -0.25) is 4.79 Å². The number of benzene rings is 1. The average molecular weight is 384 g/mol. The van der Waals surface area contributed by atoms with Crippen molar-refractivity contribution in [2.45, 2.75) is 39.2 Å². The summed E-state index contributed by atoms with van der Waals surface area (Å²) in [5.74, 6) is -0.205. The summed E-state index contributed by atoms with van der Waals surface area (Å²) in [5.41, 5.74) is 0.0341. The van der Waals surface area contributed by atoms with Gasteiger partial charge in [0.1, 0.15) is 11.3 Å². The van der Waals surface area contributed by atoms with E-state index >= 15 is 0 Å². The van der Waals surface area contributed by atoms with E-state index in [2.05, 4.69) is 35.1 Å². The number of esters is 1. The molecule has 5 nitrogen and oxygen atoms in total. The summed E-state index contributed by atoms with van der Waals surface area (Å²) in [6, 6.07) is 4.60. The fourth-order valence-electron chi connectivity index (χ4n) is 2.91. The lowest BCUT2D eigenvalue weighted by Gasteiger charge is -2.34. The smallest absolute Gasteiger partial charge is 0.342 e. The minimum absolute atomic E-state index is 0.0341. The molecular formula is C17H22BrNO4. The molecule has 126 valence electrons. The second-order valence-corrected chi connectivity index (χ2v) is 7.09. The summed E-state index contributed by atoms with van der Waals surface area (Å²) < 4.78 is 5.65. The van der Waals surface area contributed by atoms with Crippen molar-refractivity contribution in [1.29, 1.82) is 0 Å². The summed E-state index contributed by atoms with van der Waals surface area (Å²) >= 11 is 3.22. The van der Waals surface area contributed by atoms with Crippen molar-refractivity contribution in [2.75, 3.05) is 6.61 Å². The molecule has 0 heterocycles. The summed E-state index contributed by atoms with van der Waals surface area (Å²) in [7, 11) is 0. The molecule has 0 aromatic heterocycles. The van der Waals surface area contributed by atoms with E-state index in [0.29, 0.717) is 16.3 Å². The molecule has 1 aromatic rings. The highest BCUT2D eigenvalue weighted by molar-refractivity contribution is 9.10. The first-order valence-corrected chi connectivity index (χ1v) is 8.62. The van der Waals surface area contributed by atoms with Crippen LogP contribution < -0.4 is 5.32 Å². The van der Waals surface area contributed by atoms with E-state index in [1.165, 1.54) is 18.6 Å². The quantitative estimate of drug-likeness (QED) is 0.782. The molecule has 0 unspecified atom stereocenters. The molecule has 0 spiro atoms. The van der Waals surface area contributed by atoms with Gasteiger partial charge in [0.15, 0.2) is 6.61 Å². The summed E-state index contributed by atoms with van der Waals surface area (Å²) in [5, 5.41) is 12.6. The molecule has 0 aliphatic heterocycles. The molecule has 3 atom stereocenters. The van der Waals surface area contributed by atoms with Crippen LogP contribution in [0.2, 0.25) is 0 Å². The van der Waals surface area contributed by atoms with Crippen LogP contribution in [0.3, 0.4) is 0 Å². The molecular weight excluding hydrogens is 362 g/mol. The Kier molecular flexibility index (Phi) is 6.04. The third-order valence-electron chi connectivity index (χ3n) is 4.57. The molecule has 6 heteroatoms. The number of carbonyl (C=O) groups excluding carboxylic acids is 2. The number of phenols is 1. The van der Waals surface area contributed by atoms with Crippen molar-refractivity contribution in [1.82, 2.24) is 5.32 Å². The average Bonchev–Trinajstić information content (AvgIpc) is 2.52. The predicted molar refractivity (Wildman–Crippen MR) is 90.2 cm³/mol. The Balaban J connectivity index is 1.86. The standard InChI is InChI=1S/C17H22BrNO4/c1-10-4-3-5-14(11(10)2)19-16(21)9-23-17(22)13-8-12(18)6-7-15(13)20/h6-8,10-11,14,20H,3-5,9H2,1-2H3,(H,19,21)/t10-,11-,14+/m1/s1. The Bertz CT molecular complexity index is 590. The number of nitrogens with one attached hydrogen (secondary N) is 1. The number of ether oxygens (including phenoxy) is 1. The minimum atomic E-state index is -0.719. The van der Waals surface area contributed by atoms with Gasteiger partial charge < -0.3 is 15.2 Å². The highest BCUT2D eigenvalue weighted by Gasteiger charge is 2.28. The SMILES string of the molecule is C[C@@H]1[C@H](C)CCC[C@@H]1NC(=O)COC(=O)c1cc(Br)ccc1O. The highest BCUT2D eigenvalue weighted by atomic mass is 79.9. The van der Waals surface area contributed by atoms with E-state index in [9.17, 15) is 14.7 Å². The molecule has 2 N–H and O–H groups in total. The number of amides is 1. The van der Waals surface area contributed by atoms with Gasteiger partial charge in [-0.2, -0.15) is 0 Å². The van der Waals surface area contributed by atoms with Crippen LogP contribution in [0, 0.1) is 11.8 Å². The number of rotatable bonds is 4. The summed E-state index contributed by atoms with van der Waals surface area (Å²) in [4.78, 5) is 23.9. The molecule has 1 aromatic carbocycles. The first-order valence-electron chi connectivity index (χ1n) is 7.83. The second-order valence-electron chi connectivity index (χ2n) is 6.18. The molecule has 1 amide bonds. The zero-order valence-electron chi connectivity index (χ0n) is 13.3. The number of hydrogen-bond acceptors (Lipinski definition) is 4. The van der Waals surface area contributed by atoms with Crippen molar-refractivity contribution in [3.63, 3.8) is 0 Å². The Morgan fingerprint density at radius 1 is 1.35 bits per heavy atom. The molecule has 0 bridgehead atoms. The maximum absolute atomic E-state index is 12.0. The number of halogens is 1. The molecule has 1 saturated carbocycles. The Morgan fingerprint density at radius 3 is 2.83 bits per heavy atom. The van der Waals surface area contributed by atoms with E-state index < -0.39 is 5.97 Å². The van der Waals surface area contributed by atoms with Crippen molar-refractivity contribution < 1.29 is 19.4 Å². The van der Waals surface area contributed by atoms with Crippen LogP contribution in [0.5, 0.6) is 5.75 Å². The Morgan fingerprint density at radius 2 is 2.09 bits per heavy atom. The minimum Gasteiger partial charge on any atom is -0.507 e. The van der Waals surface area contributed by atoms with Gasteiger partial charge in [-0.25, -0.2) is 4.79 Å². The topological polar surface area (TPSA) is 75.6 Å². The number of carbonyl (C=O) groups is 2. The first kappa shape index (κ1) is 17.8. The molecule has 1 fully saturated rings. The van der Waals surface area contributed by atoms with Crippen molar-refractivity contribution in [3.05, 3.63) is 28.2 Å². The van der Waals surface area contributed by atoms with Crippen LogP contribution >= 0.6 is 15.9 Å². The van der Waals surface area contributed by atoms with Crippen LogP contribution in [0.15, 0.2) is 22.7 Å². The fourth-order valence-corrected chi connectivity index (χ4v) is 3.28. The van der Waals surface area contributed by atoms with Gasteiger partial charge >= 0.3 is 5.97 Å². The van der Waals surface area contributed by atoms with E-state index in [1.54, 1.807) is 6.07 Å². The van der Waals surface area contributed by atoms with Gasteiger partial charge in [-0.1, -0.05) is 42.6 Å². The van der Waals surface area contributed by atoms with Gasteiger partial charge in [-0.15, -0.1) is 0 Å². The lowest BCUT2D eigenvalue weighted by molar-refractivity contribution is -0.125. The second kappa shape index (κ2) is 7.81. The largest absolute Gasteiger partial charge is 0.507 e. The van der Waals surface area contributed by atoms with Crippen LogP contribution in [0.1, 0.15) is 43.5 Å². The maximum Gasteiger partial charge on any atom is 0.342 e. The Labute approximate surface area is 144 Å². The first-order chi connectivity index (χ1) is 10.9.